The average molecular weight is 346 g/mol. The summed E-state index contributed by atoms with van der Waals surface area (Å²) < 4.78 is 13.8. The van der Waals surface area contributed by atoms with Gasteiger partial charge < -0.3 is 5.11 Å². The summed E-state index contributed by atoms with van der Waals surface area (Å²) in [5.41, 5.74) is 0.703. The van der Waals surface area contributed by atoms with Gasteiger partial charge in [-0.15, -0.1) is 0 Å². The molecule has 24 heavy (non-hydrogen) atoms. The lowest BCUT2D eigenvalue weighted by molar-refractivity contribution is 0.0542. The van der Waals surface area contributed by atoms with E-state index in [-0.39, 0.29) is 0 Å². The summed E-state index contributed by atoms with van der Waals surface area (Å²) in [4.78, 5) is 0.739. The number of nitrogens with zero attached hydrogens (tertiary/aromatic N) is 1. The van der Waals surface area contributed by atoms with Gasteiger partial charge in [0.25, 0.3) is 0 Å². The topological polar surface area (TPSA) is 40.5 Å². The normalized spacial score (nSPS) is 16.6. The molecule has 0 aliphatic heterocycles. The van der Waals surface area contributed by atoms with Crippen LogP contribution in [0.4, 0.5) is 0 Å². The SMILES string of the molecule is CCC(C)CC(O)(c1ccccc1)c1ccc(S(=O)N(C)C)cc1. The van der Waals surface area contributed by atoms with E-state index in [1.54, 1.807) is 18.4 Å². The van der Waals surface area contributed by atoms with Crippen LogP contribution in [-0.2, 0) is 16.6 Å². The summed E-state index contributed by atoms with van der Waals surface area (Å²) >= 11 is 0. The summed E-state index contributed by atoms with van der Waals surface area (Å²) in [5, 5.41) is 11.5. The second kappa shape index (κ2) is 8.06. The molecule has 1 N–H and O–H groups in total. The van der Waals surface area contributed by atoms with Gasteiger partial charge in [-0.25, -0.2) is 8.51 Å². The molecular formula is C20H27NO2S. The van der Waals surface area contributed by atoms with Crippen LogP contribution in [0.3, 0.4) is 0 Å². The maximum Gasteiger partial charge on any atom is 0.127 e. The number of aliphatic hydroxyl groups is 1. The zero-order valence-electron chi connectivity index (χ0n) is 14.9. The Kier molecular flexibility index (Phi) is 6.33. The Morgan fingerprint density at radius 3 is 2.08 bits per heavy atom. The lowest BCUT2D eigenvalue weighted by Gasteiger charge is -2.32. The Labute approximate surface area is 147 Å². The smallest absolute Gasteiger partial charge is 0.127 e. The minimum Gasteiger partial charge on any atom is -0.380 e. The van der Waals surface area contributed by atoms with Crippen LogP contribution in [0.2, 0.25) is 0 Å². The Morgan fingerprint density at radius 2 is 1.58 bits per heavy atom. The molecular weight excluding hydrogens is 318 g/mol. The molecule has 0 radical (unpaired) electrons. The van der Waals surface area contributed by atoms with Gasteiger partial charge in [0.2, 0.25) is 0 Å². The van der Waals surface area contributed by atoms with Gasteiger partial charge in [0.1, 0.15) is 16.6 Å². The van der Waals surface area contributed by atoms with Gasteiger partial charge >= 0.3 is 0 Å². The van der Waals surface area contributed by atoms with Crippen molar-refractivity contribution < 1.29 is 9.32 Å². The fourth-order valence-corrected chi connectivity index (χ4v) is 3.61. The summed E-state index contributed by atoms with van der Waals surface area (Å²) in [6.07, 6.45) is 1.67. The highest BCUT2D eigenvalue weighted by molar-refractivity contribution is 7.82. The molecule has 2 aromatic carbocycles. The number of hydrogen-bond donors (Lipinski definition) is 1. The minimum absolute atomic E-state index is 0.394. The molecule has 0 aromatic heterocycles. The molecule has 0 aliphatic carbocycles. The van der Waals surface area contributed by atoms with Crippen LogP contribution in [0.5, 0.6) is 0 Å². The molecule has 3 atom stereocenters. The minimum atomic E-state index is -1.18. The molecule has 0 fully saturated rings. The van der Waals surface area contributed by atoms with Crippen LogP contribution in [-0.4, -0.2) is 27.7 Å². The molecule has 0 spiro atoms. The molecule has 3 nitrogen and oxygen atoms in total. The second-order valence-electron chi connectivity index (χ2n) is 6.53. The van der Waals surface area contributed by atoms with Crippen molar-refractivity contribution in [3.63, 3.8) is 0 Å². The third-order valence-corrected chi connectivity index (χ3v) is 5.80. The van der Waals surface area contributed by atoms with E-state index in [0.29, 0.717) is 12.3 Å². The van der Waals surface area contributed by atoms with Crippen molar-refractivity contribution in [2.45, 2.75) is 37.2 Å². The fourth-order valence-electron chi connectivity index (χ4n) is 2.82. The van der Waals surface area contributed by atoms with Gasteiger partial charge in [-0.3, -0.25) is 0 Å². The molecule has 2 rings (SSSR count). The van der Waals surface area contributed by atoms with E-state index < -0.39 is 16.6 Å². The lowest BCUT2D eigenvalue weighted by atomic mass is 9.79. The van der Waals surface area contributed by atoms with E-state index in [9.17, 15) is 9.32 Å². The van der Waals surface area contributed by atoms with E-state index in [1.165, 1.54) is 0 Å². The highest BCUT2D eigenvalue weighted by Gasteiger charge is 2.32. The molecule has 0 heterocycles. The van der Waals surface area contributed by atoms with Gasteiger partial charge in [0.15, 0.2) is 0 Å². The predicted octanol–water partition coefficient (Wildman–Crippen LogP) is 3.94. The first-order valence-corrected chi connectivity index (χ1v) is 9.46. The van der Waals surface area contributed by atoms with Gasteiger partial charge in [-0.1, -0.05) is 62.7 Å². The van der Waals surface area contributed by atoms with Crippen molar-refractivity contribution in [1.82, 2.24) is 4.31 Å². The molecule has 130 valence electrons. The number of hydrogen-bond acceptors (Lipinski definition) is 2. The third kappa shape index (κ3) is 4.12. The molecule has 0 saturated heterocycles. The molecule has 0 aliphatic rings. The van der Waals surface area contributed by atoms with Crippen LogP contribution >= 0.6 is 0 Å². The first-order chi connectivity index (χ1) is 11.4. The van der Waals surface area contributed by atoms with Gasteiger partial charge in [-0.05, 0) is 49.7 Å². The van der Waals surface area contributed by atoms with Gasteiger partial charge in [-0.2, -0.15) is 0 Å². The van der Waals surface area contributed by atoms with E-state index >= 15 is 0 Å². The molecule has 0 amide bonds. The van der Waals surface area contributed by atoms with Gasteiger partial charge in [0.05, 0.1) is 4.90 Å². The predicted molar refractivity (Wildman–Crippen MR) is 100 cm³/mol. The lowest BCUT2D eigenvalue weighted by Crippen LogP contribution is -2.29. The quantitative estimate of drug-likeness (QED) is 0.825. The van der Waals surface area contributed by atoms with Crippen molar-refractivity contribution in [2.24, 2.45) is 5.92 Å². The second-order valence-corrected chi connectivity index (χ2v) is 8.23. The number of rotatable bonds is 7. The Bertz CT molecular complexity index is 670. The molecule has 3 unspecified atom stereocenters. The summed E-state index contributed by atoms with van der Waals surface area (Å²) in [6, 6.07) is 17.3. The highest BCUT2D eigenvalue weighted by atomic mass is 32.2. The average Bonchev–Trinajstić information content (AvgIpc) is 2.61. The van der Waals surface area contributed by atoms with Gasteiger partial charge in [0, 0.05) is 0 Å². The first-order valence-electron chi connectivity index (χ1n) is 8.36. The first kappa shape index (κ1) is 18.8. The van der Waals surface area contributed by atoms with Crippen molar-refractivity contribution in [3.8, 4) is 0 Å². The van der Waals surface area contributed by atoms with Crippen LogP contribution in [0.25, 0.3) is 0 Å². The van der Waals surface area contributed by atoms with Crippen LogP contribution in [0, 0.1) is 5.92 Å². The van der Waals surface area contributed by atoms with E-state index in [4.69, 9.17) is 0 Å². The monoisotopic (exact) mass is 345 g/mol. The highest BCUT2D eigenvalue weighted by Crippen LogP contribution is 2.36. The zero-order valence-corrected chi connectivity index (χ0v) is 15.7. The van der Waals surface area contributed by atoms with E-state index in [1.807, 2.05) is 54.6 Å². The zero-order chi connectivity index (χ0) is 17.7. The van der Waals surface area contributed by atoms with Crippen LogP contribution in [0.1, 0.15) is 37.8 Å². The van der Waals surface area contributed by atoms with E-state index in [0.717, 1.165) is 22.4 Å². The molecule has 2 aromatic rings. The summed E-state index contributed by atoms with van der Waals surface area (Å²) in [7, 11) is 2.39. The van der Waals surface area contributed by atoms with E-state index in [2.05, 4.69) is 13.8 Å². The summed E-state index contributed by atoms with van der Waals surface area (Å²) in [5.74, 6) is 0.394. The van der Waals surface area contributed by atoms with Crippen molar-refractivity contribution in [1.29, 1.82) is 0 Å². The summed E-state index contributed by atoms with van der Waals surface area (Å²) in [6.45, 7) is 4.29. The molecule has 0 bridgehead atoms. The maximum absolute atomic E-state index is 12.2. The Balaban J connectivity index is 2.42. The maximum atomic E-state index is 12.2. The van der Waals surface area contributed by atoms with Crippen LogP contribution in [0.15, 0.2) is 59.5 Å². The van der Waals surface area contributed by atoms with Crippen molar-refractivity contribution in [2.75, 3.05) is 14.1 Å². The van der Waals surface area contributed by atoms with Crippen molar-refractivity contribution in [3.05, 3.63) is 65.7 Å². The third-order valence-electron chi connectivity index (χ3n) is 4.46. The largest absolute Gasteiger partial charge is 0.380 e. The Hall–Kier alpha value is -1.49. The molecule has 0 saturated carbocycles. The number of benzene rings is 2. The Morgan fingerprint density at radius 1 is 1.04 bits per heavy atom. The molecule has 4 heteroatoms. The standard InChI is InChI=1S/C20H27NO2S/c1-5-16(2)15-20(22,17-9-7-6-8-10-17)18-11-13-19(14-12-18)24(23)21(3)4/h6-14,16,22H,5,15H2,1-4H3. The van der Waals surface area contributed by atoms with Crippen molar-refractivity contribution >= 4 is 11.0 Å². The fraction of sp³-hybridized carbons (Fsp3) is 0.400. The van der Waals surface area contributed by atoms with Crippen LogP contribution < -0.4 is 0 Å².